The lowest BCUT2D eigenvalue weighted by Crippen LogP contribution is -2.63. The van der Waals surface area contributed by atoms with E-state index in [1.54, 1.807) is 0 Å². The summed E-state index contributed by atoms with van der Waals surface area (Å²) in [7, 11) is 0. The van der Waals surface area contributed by atoms with Crippen molar-refractivity contribution < 1.29 is 35.1 Å². The number of Topliss-reactive ketones (excluding diaryl/α,β-unsaturated/α-hetero) is 1. The molecule has 0 aromatic carbocycles. The van der Waals surface area contributed by atoms with Crippen LogP contribution in [0.5, 0.6) is 0 Å². The molecule has 7 N–H and O–H groups in total. The van der Waals surface area contributed by atoms with Crippen LogP contribution in [-0.4, -0.2) is 61.8 Å². The molecule has 0 aromatic heterocycles. The van der Waals surface area contributed by atoms with Gasteiger partial charge in [0.2, 0.25) is 11.5 Å². The van der Waals surface area contributed by atoms with Crippen LogP contribution in [0.1, 0.15) is 0 Å². The van der Waals surface area contributed by atoms with Crippen molar-refractivity contribution in [2.24, 2.45) is 5.73 Å². The third kappa shape index (κ3) is 2.47. The maximum atomic E-state index is 10.7. The summed E-state index contributed by atoms with van der Waals surface area (Å²) >= 11 is 0. The van der Waals surface area contributed by atoms with Crippen molar-refractivity contribution in [2.75, 3.05) is 6.61 Å². The zero-order valence-corrected chi connectivity index (χ0v) is 6.99. The van der Waals surface area contributed by atoms with Gasteiger partial charge in [-0.2, -0.15) is 0 Å². The fourth-order valence-electron chi connectivity index (χ4n) is 0.667. The molecular weight excluding hydrogens is 198 g/mol. The first kappa shape index (κ1) is 12.9. The molecule has 0 spiro atoms. The zero-order chi connectivity index (χ0) is 11.5. The highest BCUT2D eigenvalue weighted by molar-refractivity contribution is 5.89. The number of hydrogen-bond acceptors (Lipinski definition) is 7. The number of carboxylic acid groups (broad SMARTS) is 1. The smallest absolute Gasteiger partial charge is 0.335 e. The van der Waals surface area contributed by atoms with Crippen LogP contribution in [0.2, 0.25) is 0 Å². The van der Waals surface area contributed by atoms with E-state index in [0.29, 0.717) is 0 Å². The van der Waals surface area contributed by atoms with Crippen LogP contribution < -0.4 is 5.73 Å². The molecule has 0 aliphatic heterocycles. The highest BCUT2D eigenvalue weighted by Gasteiger charge is 2.45. The predicted octanol–water partition coefficient (Wildman–Crippen LogP) is -4.00. The van der Waals surface area contributed by atoms with Gasteiger partial charge in [-0.25, -0.2) is 4.79 Å². The van der Waals surface area contributed by atoms with E-state index in [1.165, 1.54) is 0 Å². The number of aliphatic hydroxyl groups excluding tert-OH is 3. The molecule has 0 radical (unpaired) electrons. The first-order valence-electron chi connectivity index (χ1n) is 3.49. The number of aliphatic carboxylic acids is 1. The van der Waals surface area contributed by atoms with E-state index in [2.05, 4.69) is 0 Å². The highest BCUT2D eigenvalue weighted by atomic mass is 16.4. The molecule has 0 aliphatic carbocycles. The quantitative estimate of drug-likeness (QED) is 0.249. The van der Waals surface area contributed by atoms with Crippen LogP contribution in [0.3, 0.4) is 0 Å². The monoisotopic (exact) mass is 209 g/mol. The number of carboxylic acids is 1. The predicted molar refractivity (Wildman–Crippen MR) is 40.9 cm³/mol. The van der Waals surface area contributed by atoms with Crippen molar-refractivity contribution in [3.05, 3.63) is 0 Å². The Bertz CT molecular complexity index is 238. The first-order valence-corrected chi connectivity index (χ1v) is 3.49. The van der Waals surface area contributed by atoms with E-state index in [9.17, 15) is 9.59 Å². The summed E-state index contributed by atoms with van der Waals surface area (Å²) in [6.45, 7) is -1.18. The molecule has 0 rings (SSSR count). The van der Waals surface area contributed by atoms with Gasteiger partial charge < -0.3 is 25.5 Å². The van der Waals surface area contributed by atoms with Crippen molar-refractivity contribution >= 4 is 11.8 Å². The fourth-order valence-corrected chi connectivity index (χ4v) is 0.667. The Balaban J connectivity index is 4.73. The number of hydrogen-bond donors (Lipinski definition) is 6. The van der Waals surface area contributed by atoms with Crippen LogP contribution in [0.25, 0.3) is 0 Å². The van der Waals surface area contributed by atoms with Gasteiger partial charge in [0.1, 0.15) is 12.7 Å². The number of carbonyl (C=O) groups excluding carboxylic acids is 1. The standard InChI is InChI=1S/C6H11NO7/c7-6(14,2(9)1-8)4(11)3(10)5(12)13/h3-4,8,10-11,14H,1,7H2,(H,12,13). The molecule has 8 heteroatoms. The van der Waals surface area contributed by atoms with Gasteiger partial charge in [0, 0.05) is 0 Å². The van der Waals surface area contributed by atoms with Gasteiger partial charge in [0.15, 0.2) is 6.10 Å². The molecule has 3 atom stereocenters. The second kappa shape index (κ2) is 4.44. The molecule has 82 valence electrons. The van der Waals surface area contributed by atoms with Gasteiger partial charge in [-0.1, -0.05) is 0 Å². The lowest BCUT2D eigenvalue weighted by Gasteiger charge is -2.27. The third-order valence-electron chi connectivity index (χ3n) is 1.59. The third-order valence-corrected chi connectivity index (χ3v) is 1.59. The summed E-state index contributed by atoms with van der Waals surface area (Å²) < 4.78 is 0. The zero-order valence-electron chi connectivity index (χ0n) is 6.99. The second-order valence-corrected chi connectivity index (χ2v) is 2.63. The van der Waals surface area contributed by atoms with Gasteiger partial charge in [-0.15, -0.1) is 0 Å². The lowest BCUT2D eigenvalue weighted by molar-refractivity contribution is -0.176. The molecule has 14 heavy (non-hydrogen) atoms. The molecular formula is C6H11NO7. The van der Waals surface area contributed by atoms with Gasteiger partial charge >= 0.3 is 5.97 Å². The van der Waals surface area contributed by atoms with Gasteiger partial charge in [0.05, 0.1) is 0 Å². The van der Waals surface area contributed by atoms with Crippen LogP contribution in [0, 0.1) is 0 Å². The molecule has 0 aliphatic rings. The molecule has 0 heterocycles. The van der Waals surface area contributed by atoms with E-state index in [-0.39, 0.29) is 0 Å². The van der Waals surface area contributed by atoms with E-state index in [1.807, 2.05) is 0 Å². The molecule has 8 nitrogen and oxygen atoms in total. The van der Waals surface area contributed by atoms with Gasteiger partial charge in [0.25, 0.3) is 0 Å². The number of nitrogens with two attached hydrogens (primary N) is 1. The Hall–Kier alpha value is -1.06. The SMILES string of the molecule is NC(O)(C(=O)CO)C(O)C(O)C(=O)O. The Labute approximate surface area is 78.2 Å². The van der Waals surface area contributed by atoms with Crippen molar-refractivity contribution in [3.63, 3.8) is 0 Å². The average Bonchev–Trinajstić information content (AvgIpc) is 2.13. The Morgan fingerprint density at radius 2 is 1.79 bits per heavy atom. The summed E-state index contributed by atoms with van der Waals surface area (Å²) in [5, 5.41) is 43.3. The Morgan fingerprint density at radius 1 is 1.36 bits per heavy atom. The normalized spacial score (nSPS) is 19.5. The summed E-state index contributed by atoms with van der Waals surface area (Å²) in [5.74, 6) is -3.25. The number of carbonyl (C=O) groups is 2. The number of aliphatic hydroxyl groups is 4. The van der Waals surface area contributed by atoms with Crippen LogP contribution >= 0.6 is 0 Å². The summed E-state index contributed by atoms with van der Waals surface area (Å²) in [6, 6.07) is 0. The molecule has 0 aromatic rings. The first-order chi connectivity index (χ1) is 6.25. The van der Waals surface area contributed by atoms with Crippen molar-refractivity contribution in [1.29, 1.82) is 0 Å². The van der Waals surface area contributed by atoms with Crippen molar-refractivity contribution in [3.8, 4) is 0 Å². The molecule has 0 bridgehead atoms. The van der Waals surface area contributed by atoms with E-state index in [0.717, 1.165) is 0 Å². The Morgan fingerprint density at radius 3 is 2.07 bits per heavy atom. The molecule has 3 unspecified atom stereocenters. The van der Waals surface area contributed by atoms with Crippen LogP contribution in [0.4, 0.5) is 0 Å². The molecule has 0 fully saturated rings. The fraction of sp³-hybridized carbons (Fsp3) is 0.667. The van der Waals surface area contributed by atoms with Crippen molar-refractivity contribution in [2.45, 2.75) is 17.9 Å². The van der Waals surface area contributed by atoms with E-state index >= 15 is 0 Å². The lowest BCUT2D eigenvalue weighted by atomic mass is 9.98. The minimum Gasteiger partial charge on any atom is -0.479 e. The average molecular weight is 209 g/mol. The summed E-state index contributed by atoms with van der Waals surface area (Å²) in [5.41, 5.74) is 1.83. The largest absolute Gasteiger partial charge is 0.479 e. The minimum absolute atomic E-state index is 1.18. The van der Waals surface area contributed by atoms with Crippen LogP contribution in [-0.2, 0) is 9.59 Å². The highest BCUT2D eigenvalue weighted by Crippen LogP contribution is 2.09. The minimum atomic E-state index is -2.99. The second-order valence-electron chi connectivity index (χ2n) is 2.63. The number of ketones is 1. The van der Waals surface area contributed by atoms with Gasteiger partial charge in [-0.3, -0.25) is 10.5 Å². The Kier molecular flexibility index (Phi) is 4.10. The topological polar surface area (TPSA) is 161 Å². The number of rotatable bonds is 5. The maximum Gasteiger partial charge on any atom is 0.335 e. The maximum absolute atomic E-state index is 10.7. The van der Waals surface area contributed by atoms with E-state index < -0.39 is 36.3 Å². The summed E-state index contributed by atoms with van der Waals surface area (Å²) in [6.07, 6.45) is -4.83. The molecule has 0 amide bonds. The van der Waals surface area contributed by atoms with Crippen LogP contribution in [0.15, 0.2) is 0 Å². The molecule has 0 saturated carbocycles. The summed E-state index contributed by atoms with van der Waals surface area (Å²) in [4.78, 5) is 20.9. The van der Waals surface area contributed by atoms with E-state index in [4.69, 9.17) is 31.3 Å². The van der Waals surface area contributed by atoms with Gasteiger partial charge in [-0.05, 0) is 0 Å². The molecule has 0 saturated heterocycles. The van der Waals surface area contributed by atoms with Crippen molar-refractivity contribution in [1.82, 2.24) is 0 Å².